The number of hydrogen-bond donors (Lipinski definition) is 1. The standard InChI is InChI=1S/C18H23ClN2/c1-4-9-21-17(11-15-8-10-20-12-16(15)19)18-13(2)6-5-7-14(18)3/h5-8,10,12,17,21H,4,9,11H2,1-3H3. The number of aryl methyl sites for hydroxylation is 2. The summed E-state index contributed by atoms with van der Waals surface area (Å²) in [7, 11) is 0. The predicted octanol–water partition coefficient (Wildman–Crippen LogP) is 4.64. The Morgan fingerprint density at radius 1 is 1.19 bits per heavy atom. The summed E-state index contributed by atoms with van der Waals surface area (Å²) in [5, 5.41) is 4.41. The molecule has 0 spiro atoms. The molecule has 0 fully saturated rings. The monoisotopic (exact) mass is 302 g/mol. The molecule has 0 aliphatic rings. The first kappa shape index (κ1) is 16.0. The summed E-state index contributed by atoms with van der Waals surface area (Å²) in [6, 6.07) is 8.76. The minimum atomic E-state index is 0.283. The van der Waals surface area contributed by atoms with Crippen LogP contribution in [-0.2, 0) is 6.42 Å². The number of halogens is 1. The van der Waals surface area contributed by atoms with E-state index in [9.17, 15) is 0 Å². The Bertz CT molecular complexity index is 575. The number of benzene rings is 1. The molecule has 1 aromatic heterocycles. The quantitative estimate of drug-likeness (QED) is 0.841. The lowest BCUT2D eigenvalue weighted by molar-refractivity contribution is 0.525. The highest BCUT2D eigenvalue weighted by Gasteiger charge is 2.17. The second-order valence-electron chi connectivity index (χ2n) is 5.48. The molecule has 0 aliphatic carbocycles. The summed E-state index contributed by atoms with van der Waals surface area (Å²) in [6.45, 7) is 7.55. The fraction of sp³-hybridized carbons (Fsp3) is 0.389. The Balaban J connectivity index is 2.32. The average Bonchev–Trinajstić information content (AvgIpc) is 2.46. The highest BCUT2D eigenvalue weighted by Crippen LogP contribution is 2.27. The maximum atomic E-state index is 6.28. The smallest absolute Gasteiger partial charge is 0.0622 e. The summed E-state index contributed by atoms with van der Waals surface area (Å²) in [5.74, 6) is 0. The summed E-state index contributed by atoms with van der Waals surface area (Å²) in [6.07, 6.45) is 5.53. The fourth-order valence-electron chi connectivity index (χ4n) is 2.76. The van der Waals surface area contributed by atoms with Crippen LogP contribution < -0.4 is 5.32 Å². The molecular formula is C18H23ClN2. The van der Waals surface area contributed by atoms with E-state index in [-0.39, 0.29) is 6.04 Å². The van der Waals surface area contributed by atoms with E-state index in [1.165, 1.54) is 16.7 Å². The van der Waals surface area contributed by atoms with Gasteiger partial charge in [0, 0.05) is 18.4 Å². The van der Waals surface area contributed by atoms with Crippen LogP contribution in [0.15, 0.2) is 36.7 Å². The van der Waals surface area contributed by atoms with Gasteiger partial charge in [-0.15, -0.1) is 0 Å². The van der Waals surface area contributed by atoms with Gasteiger partial charge in [0.15, 0.2) is 0 Å². The first-order valence-electron chi connectivity index (χ1n) is 7.51. The zero-order valence-corrected chi connectivity index (χ0v) is 13.7. The Labute approximate surface area is 132 Å². The van der Waals surface area contributed by atoms with Gasteiger partial charge in [-0.3, -0.25) is 4.98 Å². The summed E-state index contributed by atoms with van der Waals surface area (Å²) < 4.78 is 0. The number of rotatable bonds is 6. The third-order valence-corrected chi connectivity index (χ3v) is 4.15. The van der Waals surface area contributed by atoms with E-state index in [0.29, 0.717) is 0 Å². The maximum absolute atomic E-state index is 6.28. The lowest BCUT2D eigenvalue weighted by atomic mass is 9.92. The minimum absolute atomic E-state index is 0.283. The molecule has 0 amide bonds. The molecule has 1 heterocycles. The molecule has 1 atom stereocenters. The predicted molar refractivity (Wildman–Crippen MR) is 89.9 cm³/mol. The molecule has 21 heavy (non-hydrogen) atoms. The molecular weight excluding hydrogens is 280 g/mol. The van der Waals surface area contributed by atoms with Gasteiger partial charge in [0.1, 0.15) is 0 Å². The van der Waals surface area contributed by atoms with E-state index >= 15 is 0 Å². The Morgan fingerprint density at radius 2 is 1.90 bits per heavy atom. The molecule has 0 bridgehead atoms. The first-order valence-corrected chi connectivity index (χ1v) is 7.89. The Kier molecular flexibility index (Phi) is 5.77. The summed E-state index contributed by atoms with van der Waals surface area (Å²) in [5.41, 5.74) is 5.18. The van der Waals surface area contributed by atoms with Crippen molar-refractivity contribution in [1.82, 2.24) is 10.3 Å². The van der Waals surface area contributed by atoms with Crippen molar-refractivity contribution in [2.45, 2.75) is 39.7 Å². The van der Waals surface area contributed by atoms with Crippen LogP contribution in [0, 0.1) is 13.8 Å². The molecule has 1 unspecified atom stereocenters. The van der Waals surface area contributed by atoms with Crippen molar-refractivity contribution in [2.75, 3.05) is 6.54 Å². The van der Waals surface area contributed by atoms with Crippen molar-refractivity contribution in [2.24, 2.45) is 0 Å². The highest BCUT2D eigenvalue weighted by molar-refractivity contribution is 6.31. The highest BCUT2D eigenvalue weighted by atomic mass is 35.5. The molecule has 3 heteroatoms. The second-order valence-corrected chi connectivity index (χ2v) is 5.89. The van der Waals surface area contributed by atoms with Crippen molar-refractivity contribution in [3.05, 3.63) is 63.9 Å². The Hall–Kier alpha value is -1.38. The van der Waals surface area contributed by atoms with Crippen LogP contribution in [0.25, 0.3) is 0 Å². The topological polar surface area (TPSA) is 24.9 Å². The lowest BCUT2D eigenvalue weighted by Gasteiger charge is -2.23. The molecule has 0 aliphatic heterocycles. The van der Waals surface area contributed by atoms with Gasteiger partial charge in [0.2, 0.25) is 0 Å². The third kappa shape index (κ3) is 4.05. The van der Waals surface area contributed by atoms with Crippen molar-refractivity contribution in [3.8, 4) is 0 Å². The molecule has 112 valence electrons. The number of hydrogen-bond acceptors (Lipinski definition) is 2. The molecule has 1 aromatic carbocycles. The van der Waals surface area contributed by atoms with E-state index in [1.807, 2.05) is 12.3 Å². The average molecular weight is 303 g/mol. The van der Waals surface area contributed by atoms with Gasteiger partial charge in [-0.05, 0) is 61.6 Å². The number of aromatic nitrogens is 1. The molecule has 2 aromatic rings. The largest absolute Gasteiger partial charge is 0.310 e. The van der Waals surface area contributed by atoms with Crippen LogP contribution in [-0.4, -0.2) is 11.5 Å². The van der Waals surface area contributed by atoms with Crippen molar-refractivity contribution < 1.29 is 0 Å². The van der Waals surface area contributed by atoms with Gasteiger partial charge in [-0.1, -0.05) is 36.7 Å². The number of pyridine rings is 1. The molecule has 2 nitrogen and oxygen atoms in total. The number of nitrogens with zero attached hydrogens (tertiary/aromatic N) is 1. The SMILES string of the molecule is CCCNC(Cc1ccncc1Cl)c1c(C)cccc1C. The van der Waals surface area contributed by atoms with Gasteiger partial charge < -0.3 is 5.32 Å². The van der Waals surface area contributed by atoms with Crippen molar-refractivity contribution >= 4 is 11.6 Å². The number of nitrogens with one attached hydrogen (secondary N) is 1. The zero-order chi connectivity index (χ0) is 15.2. The summed E-state index contributed by atoms with van der Waals surface area (Å²) >= 11 is 6.28. The molecule has 0 saturated heterocycles. The summed E-state index contributed by atoms with van der Waals surface area (Å²) in [4.78, 5) is 4.07. The van der Waals surface area contributed by atoms with E-state index in [2.05, 4.69) is 49.3 Å². The molecule has 0 saturated carbocycles. The van der Waals surface area contributed by atoms with Crippen LogP contribution in [0.3, 0.4) is 0 Å². The van der Waals surface area contributed by atoms with E-state index in [4.69, 9.17) is 11.6 Å². The van der Waals surface area contributed by atoms with Crippen LogP contribution in [0.5, 0.6) is 0 Å². The van der Waals surface area contributed by atoms with Crippen molar-refractivity contribution in [3.63, 3.8) is 0 Å². The third-order valence-electron chi connectivity index (χ3n) is 3.81. The van der Waals surface area contributed by atoms with E-state index in [0.717, 1.165) is 30.0 Å². The van der Waals surface area contributed by atoms with Gasteiger partial charge in [-0.2, -0.15) is 0 Å². The van der Waals surface area contributed by atoms with Crippen LogP contribution >= 0.6 is 11.6 Å². The normalized spacial score (nSPS) is 12.4. The van der Waals surface area contributed by atoms with Gasteiger partial charge in [0.25, 0.3) is 0 Å². The first-order chi connectivity index (χ1) is 10.1. The van der Waals surface area contributed by atoms with E-state index in [1.54, 1.807) is 6.20 Å². The molecule has 1 N–H and O–H groups in total. The minimum Gasteiger partial charge on any atom is -0.310 e. The van der Waals surface area contributed by atoms with Crippen LogP contribution in [0.2, 0.25) is 5.02 Å². The van der Waals surface area contributed by atoms with Gasteiger partial charge in [0.05, 0.1) is 5.02 Å². The Morgan fingerprint density at radius 3 is 2.52 bits per heavy atom. The zero-order valence-electron chi connectivity index (χ0n) is 13.0. The van der Waals surface area contributed by atoms with Crippen LogP contribution in [0.1, 0.15) is 41.6 Å². The molecule has 0 radical (unpaired) electrons. The van der Waals surface area contributed by atoms with E-state index < -0.39 is 0 Å². The second kappa shape index (κ2) is 7.58. The maximum Gasteiger partial charge on any atom is 0.0622 e. The van der Waals surface area contributed by atoms with Crippen LogP contribution in [0.4, 0.5) is 0 Å². The van der Waals surface area contributed by atoms with Gasteiger partial charge in [-0.25, -0.2) is 0 Å². The van der Waals surface area contributed by atoms with Gasteiger partial charge >= 0.3 is 0 Å². The lowest BCUT2D eigenvalue weighted by Crippen LogP contribution is -2.25. The van der Waals surface area contributed by atoms with Crippen molar-refractivity contribution in [1.29, 1.82) is 0 Å². The fourth-order valence-corrected chi connectivity index (χ4v) is 2.96. The molecule has 2 rings (SSSR count).